The summed E-state index contributed by atoms with van der Waals surface area (Å²) in [6.07, 6.45) is 0.444. The van der Waals surface area contributed by atoms with Crippen molar-refractivity contribution in [1.29, 1.82) is 0 Å². The molecule has 1 aliphatic heterocycles. The Kier molecular flexibility index (Phi) is 4.32. The van der Waals surface area contributed by atoms with E-state index in [1.165, 1.54) is 29.4 Å². The van der Waals surface area contributed by atoms with Gasteiger partial charge in [-0.15, -0.1) is 11.3 Å². The number of hydrogen-bond donors (Lipinski definition) is 1. The number of thiophene rings is 1. The van der Waals surface area contributed by atoms with Gasteiger partial charge in [-0.05, 0) is 18.6 Å². The number of carbonyl (C=O) groups excluding carboxylic acids is 1. The van der Waals surface area contributed by atoms with E-state index < -0.39 is 11.9 Å². The number of hydrogen-bond acceptors (Lipinski definition) is 4. The summed E-state index contributed by atoms with van der Waals surface area (Å²) in [5.74, 6) is -2.05. The van der Waals surface area contributed by atoms with E-state index in [1.807, 2.05) is 0 Å². The minimum atomic E-state index is -0.889. The van der Waals surface area contributed by atoms with Crippen molar-refractivity contribution in [1.82, 2.24) is 4.90 Å². The minimum absolute atomic E-state index is 0.137. The molecule has 5 nitrogen and oxygen atoms in total. The zero-order chi connectivity index (χ0) is 16.6. The van der Waals surface area contributed by atoms with Gasteiger partial charge in [0.2, 0.25) is 0 Å². The number of amides is 1. The number of nitrogens with zero attached hydrogens (tertiary/aromatic N) is 1. The molecular weight excluding hydrogens is 321 g/mol. The van der Waals surface area contributed by atoms with Gasteiger partial charge in [-0.1, -0.05) is 6.07 Å². The molecule has 1 aliphatic rings. The molecule has 0 spiro atoms. The van der Waals surface area contributed by atoms with Gasteiger partial charge in [0.05, 0.1) is 17.4 Å². The molecule has 122 valence electrons. The van der Waals surface area contributed by atoms with Crippen molar-refractivity contribution in [2.75, 3.05) is 20.2 Å². The second-order valence-corrected chi connectivity index (χ2v) is 6.58. The highest BCUT2D eigenvalue weighted by Gasteiger charge is 2.33. The molecule has 1 saturated heterocycles. The van der Waals surface area contributed by atoms with E-state index in [4.69, 9.17) is 9.84 Å². The van der Waals surface area contributed by atoms with Crippen molar-refractivity contribution in [3.05, 3.63) is 34.5 Å². The van der Waals surface area contributed by atoms with Gasteiger partial charge < -0.3 is 14.7 Å². The van der Waals surface area contributed by atoms with E-state index in [9.17, 15) is 14.0 Å². The Labute approximate surface area is 136 Å². The molecular formula is C16H16FNO4S. The van der Waals surface area contributed by atoms with Crippen LogP contribution in [-0.2, 0) is 16.1 Å². The first-order chi connectivity index (χ1) is 11.0. The second kappa shape index (κ2) is 6.25. The van der Waals surface area contributed by atoms with Gasteiger partial charge in [-0.2, -0.15) is 0 Å². The maximum Gasteiger partial charge on any atom is 0.308 e. The molecule has 3 rings (SSSR count). The summed E-state index contributed by atoms with van der Waals surface area (Å²) >= 11 is 1.22. The smallest absolute Gasteiger partial charge is 0.308 e. The Morgan fingerprint density at radius 2 is 2.26 bits per heavy atom. The maximum absolute atomic E-state index is 14.1. The quantitative estimate of drug-likeness (QED) is 0.931. The third-order valence-corrected chi connectivity index (χ3v) is 5.26. The molecule has 23 heavy (non-hydrogen) atoms. The monoisotopic (exact) mass is 337 g/mol. The van der Waals surface area contributed by atoms with Crippen LogP contribution in [0.3, 0.4) is 0 Å². The fraction of sp³-hybridized carbons (Fsp3) is 0.375. The number of carboxylic acids is 1. The minimum Gasteiger partial charge on any atom is -0.481 e. The normalized spacial score (nSPS) is 17.8. The molecule has 1 fully saturated rings. The molecule has 7 heteroatoms. The second-order valence-electron chi connectivity index (χ2n) is 5.53. The van der Waals surface area contributed by atoms with E-state index in [2.05, 4.69) is 0 Å². The lowest BCUT2D eigenvalue weighted by molar-refractivity contribution is -0.141. The van der Waals surface area contributed by atoms with Gasteiger partial charge in [0.15, 0.2) is 0 Å². The first kappa shape index (κ1) is 15.9. The van der Waals surface area contributed by atoms with Crippen molar-refractivity contribution in [2.45, 2.75) is 13.0 Å². The van der Waals surface area contributed by atoms with Gasteiger partial charge >= 0.3 is 5.97 Å². The Hall–Kier alpha value is -1.99. The number of carboxylic acid groups (broad SMARTS) is 1. The number of likely N-dealkylation sites (tertiary alicyclic amines) is 1. The van der Waals surface area contributed by atoms with Crippen LogP contribution in [0.2, 0.25) is 0 Å². The van der Waals surface area contributed by atoms with Crippen LogP contribution in [0.15, 0.2) is 18.2 Å². The van der Waals surface area contributed by atoms with Gasteiger partial charge in [0, 0.05) is 35.8 Å². The topological polar surface area (TPSA) is 66.8 Å². The highest BCUT2D eigenvalue weighted by molar-refractivity contribution is 7.21. The Bertz CT molecular complexity index is 773. The first-order valence-electron chi connectivity index (χ1n) is 7.23. The van der Waals surface area contributed by atoms with Crippen LogP contribution < -0.4 is 0 Å². The van der Waals surface area contributed by atoms with Gasteiger partial charge in [-0.3, -0.25) is 9.59 Å². The van der Waals surface area contributed by atoms with E-state index in [1.54, 1.807) is 12.1 Å². The molecule has 0 bridgehead atoms. The fourth-order valence-electron chi connectivity index (χ4n) is 2.91. The van der Waals surface area contributed by atoms with Crippen LogP contribution in [0.5, 0.6) is 0 Å². The van der Waals surface area contributed by atoms with Crippen molar-refractivity contribution in [3.8, 4) is 0 Å². The summed E-state index contributed by atoms with van der Waals surface area (Å²) in [5.41, 5.74) is 0.536. The fourth-order valence-corrected chi connectivity index (χ4v) is 4.10. The maximum atomic E-state index is 14.1. The number of halogens is 1. The van der Waals surface area contributed by atoms with Gasteiger partial charge in [-0.25, -0.2) is 4.39 Å². The first-order valence-corrected chi connectivity index (χ1v) is 8.05. The number of aliphatic carboxylic acids is 1. The molecule has 1 aromatic carbocycles. The largest absolute Gasteiger partial charge is 0.481 e. The predicted octanol–water partition coefficient (Wildman–Crippen LogP) is 2.73. The molecule has 1 aromatic heterocycles. The van der Waals surface area contributed by atoms with Crippen LogP contribution in [-0.4, -0.2) is 42.1 Å². The zero-order valence-corrected chi connectivity index (χ0v) is 13.4. The highest BCUT2D eigenvalue weighted by Crippen LogP contribution is 2.35. The molecule has 0 radical (unpaired) electrons. The van der Waals surface area contributed by atoms with Gasteiger partial charge in [0.1, 0.15) is 5.82 Å². The molecule has 1 N–H and O–H groups in total. The lowest BCUT2D eigenvalue weighted by Crippen LogP contribution is -2.30. The molecule has 1 amide bonds. The van der Waals surface area contributed by atoms with Crippen molar-refractivity contribution < 1.29 is 23.8 Å². The summed E-state index contributed by atoms with van der Waals surface area (Å²) in [4.78, 5) is 25.8. The van der Waals surface area contributed by atoms with Crippen LogP contribution >= 0.6 is 11.3 Å². The Morgan fingerprint density at radius 3 is 2.91 bits per heavy atom. The van der Waals surface area contributed by atoms with E-state index in [-0.39, 0.29) is 24.9 Å². The zero-order valence-electron chi connectivity index (χ0n) is 12.5. The average molecular weight is 337 g/mol. The SMILES string of the molecule is COCc1c(C(=O)N2CC[C@@H](C(=O)O)C2)sc2cccc(F)c12. The lowest BCUT2D eigenvalue weighted by atomic mass is 10.1. The molecule has 2 aromatic rings. The van der Waals surface area contributed by atoms with Gasteiger partial charge in [0.25, 0.3) is 5.91 Å². The van der Waals surface area contributed by atoms with Crippen LogP contribution in [0.1, 0.15) is 21.7 Å². The summed E-state index contributed by atoms with van der Waals surface area (Å²) in [7, 11) is 1.49. The molecule has 0 saturated carbocycles. The lowest BCUT2D eigenvalue weighted by Gasteiger charge is -2.15. The summed E-state index contributed by atoms with van der Waals surface area (Å²) < 4.78 is 20.0. The number of ether oxygens (including phenoxy) is 1. The Balaban J connectivity index is 1.99. The molecule has 1 atom stereocenters. The number of methoxy groups -OCH3 is 1. The molecule has 0 unspecified atom stereocenters. The summed E-state index contributed by atoms with van der Waals surface area (Å²) in [6.45, 7) is 0.731. The molecule has 2 heterocycles. The Morgan fingerprint density at radius 1 is 1.48 bits per heavy atom. The van der Waals surface area contributed by atoms with Crippen LogP contribution in [0.4, 0.5) is 4.39 Å². The number of carbonyl (C=O) groups is 2. The summed E-state index contributed by atoms with van der Waals surface area (Å²) in [6, 6.07) is 4.73. The number of fused-ring (bicyclic) bond motifs is 1. The molecule has 0 aliphatic carbocycles. The standard InChI is InChI=1S/C16H16FNO4S/c1-22-8-10-13-11(17)3-2-4-12(13)23-14(10)15(19)18-6-5-9(7-18)16(20)21/h2-4,9H,5-8H2,1H3,(H,20,21)/t9-/m1/s1. The van der Waals surface area contributed by atoms with Crippen molar-refractivity contribution >= 4 is 33.3 Å². The highest BCUT2D eigenvalue weighted by atomic mass is 32.1. The number of benzene rings is 1. The van der Waals surface area contributed by atoms with E-state index in [0.29, 0.717) is 33.5 Å². The summed E-state index contributed by atoms with van der Waals surface area (Å²) in [5, 5.41) is 9.48. The number of rotatable bonds is 4. The third-order valence-electron chi connectivity index (χ3n) is 4.07. The van der Waals surface area contributed by atoms with E-state index in [0.717, 1.165) is 0 Å². The predicted molar refractivity (Wildman–Crippen MR) is 84.1 cm³/mol. The van der Waals surface area contributed by atoms with Crippen LogP contribution in [0, 0.1) is 11.7 Å². The van der Waals surface area contributed by atoms with E-state index >= 15 is 0 Å². The third kappa shape index (κ3) is 2.82. The van der Waals surface area contributed by atoms with Crippen LogP contribution in [0.25, 0.3) is 10.1 Å². The van der Waals surface area contributed by atoms with Crippen molar-refractivity contribution in [2.24, 2.45) is 5.92 Å². The van der Waals surface area contributed by atoms with Crippen molar-refractivity contribution in [3.63, 3.8) is 0 Å². The average Bonchev–Trinajstić information content (AvgIpc) is 3.13.